The Bertz CT molecular complexity index is 4230. The van der Waals surface area contributed by atoms with E-state index < -0.39 is 0 Å². The second-order valence-corrected chi connectivity index (χ2v) is 25.8. The van der Waals surface area contributed by atoms with E-state index in [1.54, 1.807) is 0 Å². The fourth-order valence-electron chi connectivity index (χ4n) is 11.3. The molecule has 0 atom stereocenters. The fraction of sp³-hybridized carbons (Fsp3) is 0.216. The molecule has 0 N–H and O–H groups in total. The molecular weight excluding hydrogens is 973 g/mol. The van der Waals surface area contributed by atoms with Gasteiger partial charge in [0.05, 0.1) is 45.1 Å². The molecule has 0 spiro atoms. The van der Waals surface area contributed by atoms with Crippen molar-refractivity contribution in [3.63, 3.8) is 0 Å². The number of fused-ring (bicyclic) bond motifs is 6. The molecule has 6 heteroatoms. The maximum atomic E-state index is 10.1. The molecule has 6 nitrogen and oxygen atoms in total. The van der Waals surface area contributed by atoms with E-state index in [1.165, 1.54) is 43.8 Å². The van der Waals surface area contributed by atoms with Crippen LogP contribution in [-0.4, -0.2) is 24.1 Å². The summed E-state index contributed by atoms with van der Waals surface area (Å²) in [4.78, 5) is 15.6. The summed E-state index contributed by atoms with van der Waals surface area (Å²) in [6.07, 6.45) is 0. The maximum absolute atomic E-state index is 10.1. The van der Waals surface area contributed by atoms with E-state index in [9.17, 15) is 5.26 Å². The van der Waals surface area contributed by atoms with Crippen LogP contribution in [-0.2, 0) is 21.7 Å². The number of hydrogen-bond acceptors (Lipinski definition) is 4. The molecule has 0 aliphatic heterocycles. The average molecular weight is 1040 g/mol. The zero-order chi connectivity index (χ0) is 56.0. The molecule has 394 valence electrons. The smallest absolute Gasteiger partial charge is 0.164 e. The first kappa shape index (κ1) is 51.8. The fourth-order valence-corrected chi connectivity index (χ4v) is 11.3. The summed E-state index contributed by atoms with van der Waals surface area (Å²) >= 11 is 0. The summed E-state index contributed by atoms with van der Waals surface area (Å²) in [5.74, 6) is 1.79. The molecule has 80 heavy (non-hydrogen) atoms. The Hall–Kier alpha value is -8.92. The van der Waals surface area contributed by atoms with E-state index in [4.69, 9.17) is 15.0 Å². The highest BCUT2D eigenvalue weighted by Gasteiger charge is 2.26. The summed E-state index contributed by atoms with van der Waals surface area (Å²) in [6.45, 7) is 27.5. The van der Waals surface area contributed by atoms with Crippen molar-refractivity contribution < 1.29 is 0 Å². The van der Waals surface area contributed by atoms with Gasteiger partial charge in [0.15, 0.2) is 17.5 Å². The summed E-state index contributed by atoms with van der Waals surface area (Å²) in [6, 6.07) is 72.5. The molecule has 0 fully saturated rings. The van der Waals surface area contributed by atoms with E-state index in [1.807, 2.05) is 48.5 Å². The van der Waals surface area contributed by atoms with Crippen LogP contribution in [0, 0.1) is 11.3 Å². The van der Waals surface area contributed by atoms with Gasteiger partial charge in [-0.2, -0.15) is 5.26 Å². The number of benzene rings is 9. The quantitative estimate of drug-likeness (QED) is 0.159. The lowest BCUT2D eigenvalue weighted by Crippen LogP contribution is -2.10. The summed E-state index contributed by atoms with van der Waals surface area (Å²) in [5, 5.41) is 15.0. The van der Waals surface area contributed by atoms with Crippen LogP contribution in [0.1, 0.15) is 111 Å². The highest BCUT2D eigenvalue weighted by Crippen LogP contribution is 2.45. The Kier molecular flexibility index (Phi) is 12.4. The van der Waals surface area contributed by atoms with Crippen LogP contribution in [0.3, 0.4) is 0 Å². The molecule has 0 saturated carbocycles. The minimum atomic E-state index is -0.0531. The summed E-state index contributed by atoms with van der Waals surface area (Å²) in [7, 11) is 0. The van der Waals surface area contributed by atoms with E-state index in [2.05, 4.69) is 244 Å². The van der Waals surface area contributed by atoms with Crippen molar-refractivity contribution in [2.24, 2.45) is 0 Å². The Labute approximate surface area is 471 Å². The molecular formula is C74H68N6. The third kappa shape index (κ3) is 9.35. The van der Waals surface area contributed by atoms with Crippen molar-refractivity contribution in [3.8, 4) is 73.9 Å². The van der Waals surface area contributed by atoms with Crippen LogP contribution in [0.4, 0.5) is 0 Å². The predicted molar refractivity (Wildman–Crippen MR) is 335 cm³/mol. The van der Waals surface area contributed by atoms with Gasteiger partial charge in [-0.15, -0.1) is 0 Å². The highest BCUT2D eigenvalue weighted by molar-refractivity contribution is 6.12. The van der Waals surface area contributed by atoms with Gasteiger partial charge in [-0.25, -0.2) is 15.0 Å². The third-order valence-corrected chi connectivity index (χ3v) is 16.1. The SMILES string of the molecule is CC(C)(C)c1ccc2c(c1)c1cc(C(C)(C)C)ccc1n2-c1ccc(-c2nc(-c3ccccc3)nc(-c3ccccc3)n2)cc1-c1ccc(-n2c3ccc(C(C)(C)C)cc3c3cc(C(C)(C)C)ccc32)c(-c2ccc(C#N)cc2)c1. The molecule has 0 amide bonds. The summed E-state index contributed by atoms with van der Waals surface area (Å²) in [5.41, 5.74) is 18.9. The van der Waals surface area contributed by atoms with E-state index in [0.717, 1.165) is 72.4 Å². The highest BCUT2D eigenvalue weighted by atomic mass is 15.0. The van der Waals surface area contributed by atoms with Gasteiger partial charge in [0.25, 0.3) is 0 Å². The van der Waals surface area contributed by atoms with Crippen LogP contribution in [0.5, 0.6) is 0 Å². The van der Waals surface area contributed by atoms with Gasteiger partial charge < -0.3 is 9.13 Å². The van der Waals surface area contributed by atoms with Crippen molar-refractivity contribution in [2.45, 2.75) is 105 Å². The average Bonchev–Trinajstić information content (AvgIpc) is 3.47. The second-order valence-electron chi connectivity index (χ2n) is 25.8. The molecule has 3 heterocycles. The van der Waals surface area contributed by atoms with Gasteiger partial charge in [-0.3, -0.25) is 0 Å². The zero-order valence-corrected chi connectivity index (χ0v) is 48.2. The first-order valence-corrected chi connectivity index (χ1v) is 28.0. The molecule has 12 aromatic rings. The Morgan fingerprint density at radius 2 is 0.625 bits per heavy atom. The minimum absolute atomic E-state index is 0.0422. The minimum Gasteiger partial charge on any atom is -0.309 e. The normalized spacial score (nSPS) is 12.5. The molecule has 0 saturated heterocycles. The molecule has 0 radical (unpaired) electrons. The van der Waals surface area contributed by atoms with E-state index >= 15 is 0 Å². The predicted octanol–water partition coefficient (Wildman–Crippen LogP) is 19.5. The lowest BCUT2D eigenvalue weighted by Gasteiger charge is -2.21. The van der Waals surface area contributed by atoms with Crippen LogP contribution in [0.2, 0.25) is 0 Å². The zero-order valence-electron chi connectivity index (χ0n) is 48.2. The molecule has 12 rings (SSSR count). The first-order chi connectivity index (χ1) is 38.1. The van der Waals surface area contributed by atoms with Crippen LogP contribution in [0.15, 0.2) is 194 Å². The molecule has 0 aliphatic carbocycles. The lowest BCUT2D eigenvalue weighted by atomic mass is 9.85. The number of aromatic nitrogens is 5. The standard InChI is InChI=1S/C74H68N6/c1-71(2,3)52-29-35-64-58(41-52)59-42-53(72(4,5)6)30-36-65(59)79(64)62-33-27-50(39-56(62)47-25-23-46(45-75)24-26-47)57-40-51(70-77-68(48-19-15-13-16-20-48)76-69(78-70)49-21-17-14-18-22-49)28-34-63(57)80-66-37-31-54(73(7,8)9)43-60(66)61-44-55(74(10,11)12)32-38-67(61)80/h13-44H,1-12H3. The van der Waals surface area contributed by atoms with Crippen molar-refractivity contribution in [1.29, 1.82) is 5.26 Å². The van der Waals surface area contributed by atoms with Crippen molar-refractivity contribution >= 4 is 43.6 Å². The van der Waals surface area contributed by atoms with Crippen LogP contribution in [0.25, 0.3) is 111 Å². The molecule has 3 aromatic heterocycles. The monoisotopic (exact) mass is 1040 g/mol. The van der Waals surface area contributed by atoms with E-state index in [0.29, 0.717) is 23.0 Å². The third-order valence-electron chi connectivity index (χ3n) is 16.1. The molecule has 9 aromatic carbocycles. The number of hydrogen-bond donors (Lipinski definition) is 0. The van der Waals surface area contributed by atoms with Gasteiger partial charge in [0.1, 0.15) is 0 Å². The number of nitriles is 1. The van der Waals surface area contributed by atoms with Crippen LogP contribution < -0.4 is 0 Å². The summed E-state index contributed by atoms with van der Waals surface area (Å²) < 4.78 is 4.91. The Balaban J connectivity index is 1.17. The van der Waals surface area contributed by atoms with Crippen molar-refractivity contribution in [1.82, 2.24) is 24.1 Å². The second kappa shape index (κ2) is 19.2. The maximum Gasteiger partial charge on any atom is 0.164 e. The number of rotatable bonds is 7. The Morgan fingerprint density at radius 1 is 0.312 bits per heavy atom. The Morgan fingerprint density at radius 3 is 0.975 bits per heavy atom. The molecule has 0 bridgehead atoms. The first-order valence-electron chi connectivity index (χ1n) is 28.0. The molecule has 0 unspecified atom stereocenters. The van der Waals surface area contributed by atoms with Crippen LogP contribution >= 0.6 is 0 Å². The van der Waals surface area contributed by atoms with Gasteiger partial charge >= 0.3 is 0 Å². The molecule has 0 aliphatic rings. The van der Waals surface area contributed by atoms with Gasteiger partial charge in [0, 0.05) is 49.4 Å². The van der Waals surface area contributed by atoms with Gasteiger partial charge in [0.2, 0.25) is 0 Å². The lowest BCUT2D eigenvalue weighted by molar-refractivity contribution is 0.590. The largest absolute Gasteiger partial charge is 0.309 e. The van der Waals surface area contributed by atoms with Crippen molar-refractivity contribution in [3.05, 3.63) is 222 Å². The van der Waals surface area contributed by atoms with Gasteiger partial charge in [-0.1, -0.05) is 186 Å². The van der Waals surface area contributed by atoms with E-state index in [-0.39, 0.29) is 21.7 Å². The number of nitrogens with zero attached hydrogens (tertiary/aromatic N) is 6. The van der Waals surface area contributed by atoms with Gasteiger partial charge in [-0.05, 0) is 146 Å². The topological polar surface area (TPSA) is 72.3 Å². The van der Waals surface area contributed by atoms with Crippen molar-refractivity contribution in [2.75, 3.05) is 0 Å².